The van der Waals surface area contributed by atoms with E-state index in [0.717, 1.165) is 25.7 Å². The van der Waals surface area contributed by atoms with Crippen LogP contribution in [0.4, 0.5) is 9.59 Å². The molecule has 1 fully saturated rings. The second kappa shape index (κ2) is 9.63. The van der Waals surface area contributed by atoms with Crippen molar-refractivity contribution in [3.8, 4) is 0 Å². The zero-order chi connectivity index (χ0) is 17.3. The average Bonchev–Trinajstić information content (AvgIpc) is 3.03. The predicted molar refractivity (Wildman–Crippen MR) is 89.4 cm³/mol. The molecule has 0 aromatic heterocycles. The third-order valence-electron chi connectivity index (χ3n) is 4.71. The highest BCUT2D eigenvalue weighted by atomic mass is 16.6. The number of hydrogen-bond donors (Lipinski definition) is 0. The Kier molecular flexibility index (Phi) is 8.20. The number of ether oxygens (including phenoxy) is 2. The van der Waals surface area contributed by atoms with Crippen LogP contribution < -0.4 is 0 Å². The van der Waals surface area contributed by atoms with Gasteiger partial charge in [0.05, 0.1) is 0 Å². The summed E-state index contributed by atoms with van der Waals surface area (Å²) in [4.78, 5) is 27.4. The van der Waals surface area contributed by atoms with Crippen LogP contribution in [0, 0.1) is 5.41 Å². The number of hydrogen-bond acceptors (Lipinski definition) is 4. The first-order valence-electron chi connectivity index (χ1n) is 8.85. The summed E-state index contributed by atoms with van der Waals surface area (Å²) in [5.41, 5.74) is -0.217. The largest absolute Gasteiger partial charge is 0.449 e. The normalized spacial score (nSPS) is 16.0. The van der Waals surface area contributed by atoms with Crippen molar-refractivity contribution in [3.05, 3.63) is 0 Å². The maximum atomic E-state index is 12.0. The van der Waals surface area contributed by atoms with Crippen molar-refractivity contribution in [2.75, 3.05) is 39.4 Å². The quantitative estimate of drug-likeness (QED) is 0.684. The molecule has 1 rings (SSSR count). The molecule has 0 saturated heterocycles. The zero-order valence-corrected chi connectivity index (χ0v) is 15.1. The van der Waals surface area contributed by atoms with Gasteiger partial charge in [0.2, 0.25) is 0 Å². The van der Waals surface area contributed by atoms with Crippen LogP contribution in [0.5, 0.6) is 0 Å². The van der Waals surface area contributed by atoms with Crippen molar-refractivity contribution >= 4 is 12.2 Å². The molecule has 2 amide bonds. The zero-order valence-electron chi connectivity index (χ0n) is 15.1. The van der Waals surface area contributed by atoms with Crippen LogP contribution in [0.25, 0.3) is 0 Å². The Morgan fingerprint density at radius 1 is 0.783 bits per heavy atom. The van der Waals surface area contributed by atoms with E-state index in [2.05, 4.69) is 0 Å². The number of rotatable bonds is 8. The van der Waals surface area contributed by atoms with Gasteiger partial charge in [-0.1, -0.05) is 12.8 Å². The minimum atomic E-state index is -0.281. The molecule has 0 bridgehead atoms. The maximum Gasteiger partial charge on any atom is 0.409 e. The number of amides is 2. The lowest BCUT2D eigenvalue weighted by Gasteiger charge is -2.30. The Labute approximate surface area is 140 Å². The van der Waals surface area contributed by atoms with E-state index in [1.165, 1.54) is 0 Å². The molecule has 0 radical (unpaired) electrons. The van der Waals surface area contributed by atoms with Gasteiger partial charge in [-0.3, -0.25) is 0 Å². The first kappa shape index (κ1) is 19.6. The Morgan fingerprint density at radius 2 is 1.13 bits per heavy atom. The third kappa shape index (κ3) is 5.59. The lowest BCUT2D eigenvalue weighted by Crippen LogP contribution is -2.39. The minimum Gasteiger partial charge on any atom is -0.449 e. The van der Waals surface area contributed by atoms with Crippen LogP contribution >= 0.6 is 0 Å². The van der Waals surface area contributed by atoms with Crippen molar-refractivity contribution < 1.29 is 19.1 Å². The second-order valence-corrected chi connectivity index (χ2v) is 6.16. The van der Waals surface area contributed by atoms with Gasteiger partial charge in [0, 0.05) is 31.6 Å². The highest BCUT2D eigenvalue weighted by Crippen LogP contribution is 2.39. The summed E-state index contributed by atoms with van der Waals surface area (Å²) in [6.45, 7) is 10.9. The summed E-state index contributed by atoms with van der Waals surface area (Å²) in [7, 11) is 0. The smallest absolute Gasteiger partial charge is 0.409 e. The Hall–Kier alpha value is -1.46. The molecule has 0 aromatic carbocycles. The molecule has 6 nitrogen and oxygen atoms in total. The van der Waals surface area contributed by atoms with Crippen molar-refractivity contribution in [1.29, 1.82) is 0 Å². The highest BCUT2D eigenvalue weighted by Gasteiger charge is 2.37. The molecule has 23 heavy (non-hydrogen) atoms. The molecule has 0 N–H and O–H groups in total. The van der Waals surface area contributed by atoms with Gasteiger partial charge in [-0.2, -0.15) is 0 Å². The molecule has 0 atom stereocenters. The molecular formula is C17H32N2O4. The minimum absolute atomic E-state index is 0.217. The van der Waals surface area contributed by atoms with E-state index < -0.39 is 0 Å². The van der Waals surface area contributed by atoms with Gasteiger partial charge in [0.25, 0.3) is 0 Å². The van der Waals surface area contributed by atoms with Crippen LogP contribution in [0.15, 0.2) is 0 Å². The second-order valence-electron chi connectivity index (χ2n) is 6.16. The molecule has 0 spiro atoms. The van der Waals surface area contributed by atoms with Crippen LogP contribution in [-0.2, 0) is 9.47 Å². The Morgan fingerprint density at radius 3 is 1.43 bits per heavy atom. The number of carbonyl (C=O) groups is 2. The third-order valence-corrected chi connectivity index (χ3v) is 4.71. The van der Waals surface area contributed by atoms with Crippen molar-refractivity contribution in [3.63, 3.8) is 0 Å². The van der Waals surface area contributed by atoms with E-state index in [-0.39, 0.29) is 17.6 Å². The topological polar surface area (TPSA) is 59.1 Å². The van der Waals surface area contributed by atoms with Gasteiger partial charge in [0.15, 0.2) is 0 Å². The number of nitrogens with zero attached hydrogens (tertiary/aromatic N) is 2. The van der Waals surface area contributed by atoms with Crippen LogP contribution in [0.3, 0.4) is 0 Å². The Balaban J connectivity index is 2.55. The van der Waals surface area contributed by atoms with Gasteiger partial charge < -0.3 is 19.3 Å². The molecular weight excluding hydrogens is 296 g/mol. The molecule has 6 heteroatoms. The van der Waals surface area contributed by atoms with Gasteiger partial charge in [0.1, 0.15) is 13.2 Å². The van der Waals surface area contributed by atoms with E-state index >= 15 is 0 Å². The van der Waals surface area contributed by atoms with Crippen molar-refractivity contribution in [2.24, 2.45) is 5.41 Å². The lowest BCUT2D eigenvalue weighted by molar-refractivity contribution is 0.0101. The predicted octanol–water partition coefficient (Wildman–Crippen LogP) is 3.50. The van der Waals surface area contributed by atoms with Crippen molar-refractivity contribution in [2.45, 2.75) is 53.4 Å². The van der Waals surface area contributed by atoms with E-state index in [9.17, 15) is 9.59 Å². The van der Waals surface area contributed by atoms with Gasteiger partial charge in [-0.25, -0.2) is 9.59 Å². The molecule has 134 valence electrons. The van der Waals surface area contributed by atoms with Gasteiger partial charge in [-0.05, 0) is 40.5 Å². The molecule has 0 unspecified atom stereocenters. The first-order valence-corrected chi connectivity index (χ1v) is 8.85. The molecule has 1 saturated carbocycles. The molecule has 0 aliphatic heterocycles. The molecule has 0 aromatic rings. The molecule has 1 aliphatic rings. The van der Waals surface area contributed by atoms with Crippen LogP contribution in [-0.4, -0.2) is 61.4 Å². The summed E-state index contributed by atoms with van der Waals surface area (Å²) < 4.78 is 11.0. The summed E-state index contributed by atoms with van der Waals surface area (Å²) >= 11 is 0. The summed E-state index contributed by atoms with van der Waals surface area (Å²) in [6, 6.07) is 0. The fourth-order valence-corrected chi connectivity index (χ4v) is 3.03. The average molecular weight is 328 g/mol. The monoisotopic (exact) mass is 328 g/mol. The summed E-state index contributed by atoms with van der Waals surface area (Å²) in [5.74, 6) is 0. The van der Waals surface area contributed by atoms with E-state index in [0.29, 0.717) is 39.4 Å². The SMILES string of the molecule is CCN(CC)C(=O)OCC1(COC(=O)N(CC)CC)CCCC1. The lowest BCUT2D eigenvalue weighted by atomic mass is 9.88. The fraction of sp³-hybridized carbons (Fsp3) is 0.882. The summed E-state index contributed by atoms with van der Waals surface area (Å²) in [6.07, 6.45) is 3.48. The molecule has 1 aliphatic carbocycles. The van der Waals surface area contributed by atoms with E-state index in [1.54, 1.807) is 9.80 Å². The fourth-order valence-electron chi connectivity index (χ4n) is 3.03. The summed E-state index contributed by atoms with van der Waals surface area (Å²) in [5, 5.41) is 0. The van der Waals surface area contributed by atoms with E-state index in [4.69, 9.17) is 9.47 Å². The standard InChI is InChI=1S/C17H32N2O4/c1-5-18(6-2)15(20)22-13-17(11-9-10-12-17)14-23-16(21)19(7-3)8-4/h5-14H2,1-4H3. The van der Waals surface area contributed by atoms with Crippen LogP contribution in [0.2, 0.25) is 0 Å². The van der Waals surface area contributed by atoms with Gasteiger partial charge in [-0.15, -0.1) is 0 Å². The Bertz CT molecular complexity index is 343. The van der Waals surface area contributed by atoms with Gasteiger partial charge >= 0.3 is 12.2 Å². The molecule has 0 heterocycles. The van der Waals surface area contributed by atoms with Crippen molar-refractivity contribution in [1.82, 2.24) is 9.80 Å². The maximum absolute atomic E-state index is 12.0. The first-order chi connectivity index (χ1) is 11.0. The number of carbonyl (C=O) groups excluding carboxylic acids is 2. The van der Waals surface area contributed by atoms with Crippen LogP contribution in [0.1, 0.15) is 53.4 Å². The van der Waals surface area contributed by atoms with E-state index in [1.807, 2.05) is 27.7 Å². The highest BCUT2D eigenvalue weighted by molar-refractivity contribution is 5.68.